The van der Waals surface area contributed by atoms with Crippen molar-refractivity contribution in [3.05, 3.63) is 173 Å². The lowest BCUT2D eigenvalue weighted by Gasteiger charge is -2.17. The summed E-state index contributed by atoms with van der Waals surface area (Å²) in [6.45, 7) is 6.29. The molecule has 5 heteroatoms. The molecule has 0 aliphatic rings. The molecule has 2 heterocycles. The summed E-state index contributed by atoms with van der Waals surface area (Å²) in [6, 6.07) is 54.9. The van der Waals surface area contributed by atoms with Crippen LogP contribution in [0.3, 0.4) is 0 Å². The van der Waals surface area contributed by atoms with E-state index in [0.29, 0.717) is 11.1 Å². The van der Waals surface area contributed by atoms with Gasteiger partial charge in [-0.05, 0) is 137 Å². The number of benzene rings is 7. The van der Waals surface area contributed by atoms with Crippen molar-refractivity contribution < 1.29 is 0 Å². The van der Waals surface area contributed by atoms with Crippen molar-refractivity contribution in [1.29, 1.82) is 10.5 Å². The number of imidazole rings is 1. The lowest BCUT2D eigenvalue weighted by atomic mass is 9.88. The summed E-state index contributed by atoms with van der Waals surface area (Å²) >= 11 is 0. The predicted octanol–water partition coefficient (Wildman–Crippen LogP) is 12.5. The van der Waals surface area contributed by atoms with Crippen LogP contribution in [0.5, 0.6) is 0 Å². The van der Waals surface area contributed by atoms with Crippen molar-refractivity contribution in [1.82, 2.24) is 9.38 Å². The molecule has 9 rings (SSSR count). The van der Waals surface area contributed by atoms with Crippen LogP contribution in [0.1, 0.15) is 41.7 Å². The Balaban J connectivity index is 1.20. The Labute approximate surface area is 319 Å². The number of nitriles is 2. The van der Waals surface area contributed by atoms with E-state index in [-0.39, 0.29) is 0 Å². The number of hydrogen-bond acceptors (Lipinski definition) is 4. The van der Waals surface area contributed by atoms with Gasteiger partial charge in [0.2, 0.25) is 0 Å². The SMILES string of the molecule is CCc1cc(C#N)ccc1-c1cc(-c2cccc(-c3ccc4c(c3)c3ccc(C#N)cc3n3c5ccccc5nc43)c2)ccc1C(C)=Nc1ccccc1C. The molecule has 2 aromatic heterocycles. The molecule has 0 amide bonds. The molecule has 0 aliphatic carbocycles. The highest BCUT2D eigenvalue weighted by Gasteiger charge is 2.17. The zero-order valence-corrected chi connectivity index (χ0v) is 30.8. The molecular formula is C50H35N5. The molecule has 0 aliphatic heterocycles. The largest absolute Gasteiger partial charge is 0.292 e. The van der Waals surface area contributed by atoms with E-state index in [4.69, 9.17) is 9.98 Å². The number of aromatic nitrogens is 2. The van der Waals surface area contributed by atoms with Gasteiger partial charge in [-0.25, -0.2) is 4.98 Å². The standard InChI is InChI=1S/C50H35N5/c1-4-35-24-33(29-51)16-20-41(35)44-27-38(18-22-40(44)32(3)53-46-13-6-5-10-31(46)2)36-11-9-12-37(26-36)39-19-23-43-45(28-39)42-21-17-34(30-52)25-49(42)55-48-15-8-7-14-47(48)54-50(43)55/h5-28H,4H2,1-3H3. The monoisotopic (exact) mass is 705 g/mol. The molecule has 0 fully saturated rings. The average molecular weight is 706 g/mol. The first kappa shape index (κ1) is 33.5. The Morgan fingerprint density at radius 1 is 0.618 bits per heavy atom. The van der Waals surface area contributed by atoms with E-state index >= 15 is 0 Å². The van der Waals surface area contributed by atoms with Gasteiger partial charge < -0.3 is 0 Å². The molecule has 0 saturated carbocycles. The summed E-state index contributed by atoms with van der Waals surface area (Å²) in [4.78, 5) is 10.2. The van der Waals surface area contributed by atoms with Crippen molar-refractivity contribution in [2.75, 3.05) is 0 Å². The average Bonchev–Trinajstić information content (AvgIpc) is 3.64. The number of rotatable bonds is 6. The highest BCUT2D eigenvalue weighted by molar-refractivity contribution is 6.15. The smallest absolute Gasteiger partial charge is 0.146 e. The summed E-state index contributed by atoms with van der Waals surface area (Å²) in [5.41, 5.74) is 16.8. The van der Waals surface area contributed by atoms with Crippen LogP contribution in [0.4, 0.5) is 5.69 Å². The van der Waals surface area contributed by atoms with E-state index in [1.165, 1.54) is 0 Å². The van der Waals surface area contributed by atoms with Crippen molar-refractivity contribution in [2.45, 2.75) is 27.2 Å². The normalized spacial score (nSPS) is 11.7. The van der Waals surface area contributed by atoms with E-state index in [1.54, 1.807) is 0 Å². The number of aryl methyl sites for hydroxylation is 2. The second kappa shape index (κ2) is 13.6. The number of para-hydroxylation sites is 3. The van der Waals surface area contributed by atoms with E-state index in [2.05, 4.69) is 128 Å². The van der Waals surface area contributed by atoms with Gasteiger partial charge in [0.05, 0.1) is 45.5 Å². The minimum atomic E-state index is 0.615. The topological polar surface area (TPSA) is 77.2 Å². The van der Waals surface area contributed by atoms with Crippen molar-refractivity contribution in [3.8, 4) is 45.5 Å². The van der Waals surface area contributed by atoms with Crippen molar-refractivity contribution in [3.63, 3.8) is 0 Å². The Kier molecular flexibility index (Phi) is 8.27. The third-order valence-electron chi connectivity index (χ3n) is 10.7. The first-order valence-electron chi connectivity index (χ1n) is 18.5. The third-order valence-corrected chi connectivity index (χ3v) is 10.7. The summed E-state index contributed by atoms with van der Waals surface area (Å²) in [5, 5.41) is 22.7. The maximum absolute atomic E-state index is 9.81. The molecule has 5 nitrogen and oxygen atoms in total. The highest BCUT2D eigenvalue weighted by atomic mass is 15.0. The van der Waals surface area contributed by atoms with Gasteiger partial charge in [-0.3, -0.25) is 9.39 Å². The van der Waals surface area contributed by atoms with Gasteiger partial charge in [0.15, 0.2) is 0 Å². The molecule has 9 aromatic rings. The molecule has 0 bridgehead atoms. The van der Waals surface area contributed by atoms with Gasteiger partial charge in [-0.15, -0.1) is 0 Å². The maximum Gasteiger partial charge on any atom is 0.146 e. The molecule has 55 heavy (non-hydrogen) atoms. The second-order valence-corrected chi connectivity index (χ2v) is 14.0. The van der Waals surface area contributed by atoms with Crippen LogP contribution in [0, 0.1) is 29.6 Å². The Bertz CT molecular complexity index is 3130. The zero-order valence-electron chi connectivity index (χ0n) is 30.8. The van der Waals surface area contributed by atoms with Crippen LogP contribution < -0.4 is 0 Å². The number of fused-ring (bicyclic) bond motifs is 8. The Morgan fingerprint density at radius 2 is 1.31 bits per heavy atom. The van der Waals surface area contributed by atoms with E-state index in [0.717, 1.165) is 106 Å². The summed E-state index contributed by atoms with van der Waals surface area (Å²) < 4.78 is 2.18. The quantitative estimate of drug-likeness (QED) is 0.128. The van der Waals surface area contributed by atoms with E-state index < -0.39 is 0 Å². The maximum atomic E-state index is 9.81. The van der Waals surface area contributed by atoms with Crippen molar-refractivity contribution >= 4 is 49.8 Å². The molecule has 0 saturated heterocycles. The van der Waals surface area contributed by atoms with Crippen LogP contribution in [0.25, 0.3) is 71.7 Å². The van der Waals surface area contributed by atoms with Crippen LogP contribution in [0.2, 0.25) is 0 Å². The molecule has 0 N–H and O–H groups in total. The van der Waals surface area contributed by atoms with Gasteiger partial charge in [0.1, 0.15) is 5.65 Å². The van der Waals surface area contributed by atoms with Crippen LogP contribution in [0.15, 0.2) is 151 Å². The fraction of sp³-hybridized carbons (Fsp3) is 0.0800. The number of hydrogen-bond donors (Lipinski definition) is 0. The molecule has 0 spiro atoms. The highest BCUT2D eigenvalue weighted by Crippen LogP contribution is 2.38. The number of pyridine rings is 1. The summed E-state index contributed by atoms with van der Waals surface area (Å²) in [5.74, 6) is 0. The predicted molar refractivity (Wildman–Crippen MR) is 226 cm³/mol. The van der Waals surface area contributed by atoms with Gasteiger partial charge in [-0.1, -0.05) is 85.8 Å². The molecule has 7 aromatic carbocycles. The first-order valence-corrected chi connectivity index (χ1v) is 18.5. The molecule has 260 valence electrons. The number of nitrogens with zero attached hydrogens (tertiary/aromatic N) is 5. The minimum absolute atomic E-state index is 0.615. The number of aliphatic imine (C=N–C) groups is 1. The Morgan fingerprint density at radius 3 is 2.11 bits per heavy atom. The van der Waals surface area contributed by atoms with Crippen LogP contribution >= 0.6 is 0 Å². The van der Waals surface area contributed by atoms with Crippen LogP contribution in [-0.2, 0) is 6.42 Å². The van der Waals surface area contributed by atoms with Crippen molar-refractivity contribution in [2.24, 2.45) is 4.99 Å². The van der Waals surface area contributed by atoms with E-state index in [1.807, 2.05) is 54.6 Å². The first-order chi connectivity index (χ1) is 26.9. The molecule has 0 atom stereocenters. The van der Waals surface area contributed by atoms with Gasteiger partial charge >= 0.3 is 0 Å². The fourth-order valence-corrected chi connectivity index (χ4v) is 7.89. The molecule has 0 unspecified atom stereocenters. The lowest BCUT2D eigenvalue weighted by molar-refractivity contribution is 1.14. The van der Waals surface area contributed by atoms with Gasteiger partial charge in [0.25, 0.3) is 0 Å². The summed E-state index contributed by atoms with van der Waals surface area (Å²) in [7, 11) is 0. The van der Waals surface area contributed by atoms with Gasteiger partial charge in [0, 0.05) is 22.0 Å². The lowest BCUT2D eigenvalue weighted by Crippen LogP contribution is -2.01. The minimum Gasteiger partial charge on any atom is -0.292 e. The van der Waals surface area contributed by atoms with E-state index in [9.17, 15) is 10.5 Å². The molecule has 0 radical (unpaired) electrons. The second-order valence-electron chi connectivity index (χ2n) is 14.0. The van der Waals surface area contributed by atoms with Crippen LogP contribution in [-0.4, -0.2) is 15.1 Å². The molecular weight excluding hydrogens is 671 g/mol. The summed E-state index contributed by atoms with van der Waals surface area (Å²) in [6.07, 6.45) is 0.799. The third kappa shape index (κ3) is 5.80. The van der Waals surface area contributed by atoms with Gasteiger partial charge in [-0.2, -0.15) is 10.5 Å². The fourth-order valence-electron chi connectivity index (χ4n) is 7.89. The zero-order chi connectivity index (χ0) is 37.6. The Hall–Kier alpha value is -7.34.